The minimum Gasteiger partial charge on any atom is -0.103 e. The predicted molar refractivity (Wildman–Crippen MR) is 66.8 cm³/mol. The molecule has 1 aliphatic rings. The summed E-state index contributed by atoms with van der Waals surface area (Å²) >= 11 is 0. The molecule has 0 saturated carbocycles. The third-order valence-corrected chi connectivity index (χ3v) is 2.82. The van der Waals surface area contributed by atoms with E-state index in [1.54, 1.807) is 0 Å². The van der Waals surface area contributed by atoms with Crippen LogP contribution < -0.4 is 0 Å². The maximum atomic E-state index is 3.80. The van der Waals surface area contributed by atoms with E-state index in [0.29, 0.717) is 0 Å². The lowest BCUT2D eigenvalue weighted by molar-refractivity contribution is 1.11. The minimum absolute atomic E-state index is 0.959. The molecule has 0 fully saturated rings. The Labute approximate surface area is 91.6 Å². The fraction of sp³-hybridized carbons (Fsp3) is 0.200. The zero-order valence-corrected chi connectivity index (χ0v) is 9.00. The topological polar surface area (TPSA) is 0 Å². The largest absolute Gasteiger partial charge is 0.103 e. The summed E-state index contributed by atoms with van der Waals surface area (Å²) in [5, 5.41) is 0. The van der Waals surface area contributed by atoms with Gasteiger partial charge in [0, 0.05) is 0 Å². The molecular weight excluding hydrogens is 180 g/mol. The average Bonchev–Trinajstić information content (AvgIpc) is 2.62. The molecule has 0 spiro atoms. The van der Waals surface area contributed by atoms with Crippen molar-refractivity contribution in [2.24, 2.45) is 0 Å². The molecule has 2 rings (SSSR count). The summed E-state index contributed by atoms with van der Waals surface area (Å²) in [6.07, 6.45) is 9.31. The molecule has 0 amide bonds. The second-order valence-electron chi connectivity index (χ2n) is 3.95. The summed E-state index contributed by atoms with van der Waals surface area (Å²) in [4.78, 5) is 0. The van der Waals surface area contributed by atoms with Crippen molar-refractivity contribution < 1.29 is 0 Å². The van der Waals surface area contributed by atoms with E-state index in [2.05, 4.69) is 37.4 Å². The van der Waals surface area contributed by atoms with Crippen LogP contribution in [0.5, 0.6) is 0 Å². The summed E-state index contributed by atoms with van der Waals surface area (Å²) in [6, 6.07) is 6.55. The lowest BCUT2D eigenvalue weighted by Crippen LogP contribution is -1.89. The lowest BCUT2D eigenvalue weighted by atomic mass is 10.0. The van der Waals surface area contributed by atoms with Gasteiger partial charge < -0.3 is 0 Å². The number of rotatable bonds is 4. The Bertz CT molecular complexity index is 422. The molecule has 0 nitrogen and oxygen atoms in total. The van der Waals surface area contributed by atoms with Crippen LogP contribution in [0.3, 0.4) is 0 Å². The Kier molecular flexibility index (Phi) is 2.86. The van der Waals surface area contributed by atoms with Gasteiger partial charge in [0.25, 0.3) is 0 Å². The van der Waals surface area contributed by atoms with Gasteiger partial charge in [-0.15, -0.1) is 13.2 Å². The van der Waals surface area contributed by atoms with Crippen LogP contribution >= 0.6 is 0 Å². The minimum atomic E-state index is 0.959. The van der Waals surface area contributed by atoms with Crippen molar-refractivity contribution in [2.75, 3.05) is 0 Å². The molecular formula is C15H16. The van der Waals surface area contributed by atoms with Gasteiger partial charge in [-0.2, -0.15) is 0 Å². The number of hydrogen-bond donors (Lipinski definition) is 0. The summed E-state index contributed by atoms with van der Waals surface area (Å²) in [6.45, 7) is 7.59. The summed E-state index contributed by atoms with van der Waals surface area (Å²) in [7, 11) is 0. The molecule has 76 valence electrons. The quantitative estimate of drug-likeness (QED) is 0.640. The maximum absolute atomic E-state index is 3.80. The van der Waals surface area contributed by atoms with E-state index in [-0.39, 0.29) is 0 Å². The smallest absolute Gasteiger partial charge is 0.00546 e. The molecule has 1 aliphatic carbocycles. The van der Waals surface area contributed by atoms with Crippen molar-refractivity contribution in [3.8, 4) is 0 Å². The van der Waals surface area contributed by atoms with Gasteiger partial charge in [-0.1, -0.05) is 42.0 Å². The van der Waals surface area contributed by atoms with Crippen LogP contribution in [-0.4, -0.2) is 0 Å². The van der Waals surface area contributed by atoms with Gasteiger partial charge in [0.05, 0.1) is 0 Å². The van der Waals surface area contributed by atoms with Gasteiger partial charge in [0.2, 0.25) is 0 Å². The van der Waals surface area contributed by atoms with Crippen molar-refractivity contribution in [1.29, 1.82) is 0 Å². The fourth-order valence-electron chi connectivity index (χ4n) is 2.16. The first-order valence-corrected chi connectivity index (χ1v) is 5.37. The average molecular weight is 196 g/mol. The highest BCUT2D eigenvalue weighted by molar-refractivity contribution is 5.67. The van der Waals surface area contributed by atoms with Crippen LogP contribution in [0.25, 0.3) is 6.08 Å². The molecule has 0 bridgehead atoms. The van der Waals surface area contributed by atoms with E-state index in [4.69, 9.17) is 0 Å². The first-order chi connectivity index (χ1) is 7.35. The molecule has 0 unspecified atom stereocenters. The summed E-state index contributed by atoms with van der Waals surface area (Å²) in [5.74, 6) is 0. The van der Waals surface area contributed by atoms with E-state index in [1.165, 1.54) is 22.3 Å². The SMILES string of the molecule is C=CCC1=Cc2c(CC=C)cccc2C1. The molecule has 1 aromatic rings. The molecule has 0 aromatic heterocycles. The summed E-state index contributed by atoms with van der Waals surface area (Å²) < 4.78 is 0. The van der Waals surface area contributed by atoms with Crippen LogP contribution in [0.4, 0.5) is 0 Å². The fourth-order valence-corrected chi connectivity index (χ4v) is 2.16. The number of allylic oxidation sites excluding steroid dienone is 3. The molecule has 0 radical (unpaired) electrons. The maximum Gasteiger partial charge on any atom is -0.00546 e. The van der Waals surface area contributed by atoms with Gasteiger partial charge in [0.1, 0.15) is 0 Å². The highest BCUT2D eigenvalue weighted by Crippen LogP contribution is 2.29. The van der Waals surface area contributed by atoms with Crippen molar-refractivity contribution >= 4 is 6.08 Å². The molecule has 0 N–H and O–H groups in total. The Morgan fingerprint density at radius 3 is 2.67 bits per heavy atom. The third kappa shape index (κ3) is 1.94. The molecule has 0 saturated heterocycles. The Morgan fingerprint density at radius 2 is 1.93 bits per heavy atom. The van der Waals surface area contributed by atoms with Crippen molar-refractivity contribution in [2.45, 2.75) is 19.3 Å². The molecule has 1 aromatic carbocycles. The second-order valence-corrected chi connectivity index (χ2v) is 3.95. The van der Waals surface area contributed by atoms with Gasteiger partial charge in [-0.25, -0.2) is 0 Å². The Morgan fingerprint density at radius 1 is 1.13 bits per heavy atom. The van der Waals surface area contributed by atoms with Crippen LogP contribution in [0.2, 0.25) is 0 Å². The van der Waals surface area contributed by atoms with Crippen LogP contribution in [0.1, 0.15) is 23.1 Å². The Balaban J connectivity index is 2.35. The van der Waals surface area contributed by atoms with E-state index in [1.807, 2.05) is 12.2 Å². The highest BCUT2D eigenvalue weighted by Gasteiger charge is 2.13. The standard InChI is InChI=1S/C15H16/c1-3-6-12-10-14-9-5-8-13(7-4-2)15(14)11-12/h3-5,8-9,11H,1-2,6-7,10H2. The van der Waals surface area contributed by atoms with Gasteiger partial charge in [0.15, 0.2) is 0 Å². The third-order valence-electron chi connectivity index (χ3n) is 2.82. The normalized spacial score (nSPS) is 13.2. The first-order valence-electron chi connectivity index (χ1n) is 5.37. The number of benzene rings is 1. The zero-order chi connectivity index (χ0) is 10.7. The van der Waals surface area contributed by atoms with Gasteiger partial charge in [-0.3, -0.25) is 0 Å². The van der Waals surface area contributed by atoms with E-state index < -0.39 is 0 Å². The molecule has 0 atom stereocenters. The van der Waals surface area contributed by atoms with Crippen molar-refractivity contribution in [1.82, 2.24) is 0 Å². The molecule has 0 aliphatic heterocycles. The molecule has 0 heteroatoms. The number of fused-ring (bicyclic) bond motifs is 1. The van der Waals surface area contributed by atoms with Crippen LogP contribution in [-0.2, 0) is 12.8 Å². The Hall–Kier alpha value is -1.56. The van der Waals surface area contributed by atoms with E-state index in [0.717, 1.165) is 19.3 Å². The number of hydrogen-bond acceptors (Lipinski definition) is 0. The predicted octanol–water partition coefficient (Wildman–Crippen LogP) is 3.93. The monoisotopic (exact) mass is 196 g/mol. The summed E-state index contributed by atoms with van der Waals surface area (Å²) in [5.41, 5.74) is 5.72. The van der Waals surface area contributed by atoms with E-state index >= 15 is 0 Å². The van der Waals surface area contributed by atoms with Crippen molar-refractivity contribution in [3.05, 3.63) is 65.8 Å². The van der Waals surface area contributed by atoms with Gasteiger partial charge in [-0.05, 0) is 36.0 Å². The lowest BCUT2D eigenvalue weighted by Gasteiger charge is -2.04. The van der Waals surface area contributed by atoms with E-state index in [9.17, 15) is 0 Å². The highest BCUT2D eigenvalue weighted by atomic mass is 14.2. The van der Waals surface area contributed by atoms with Crippen LogP contribution in [0, 0.1) is 0 Å². The van der Waals surface area contributed by atoms with Crippen molar-refractivity contribution in [3.63, 3.8) is 0 Å². The first kappa shape index (κ1) is 9.97. The zero-order valence-electron chi connectivity index (χ0n) is 9.00. The molecule has 15 heavy (non-hydrogen) atoms. The molecule has 0 heterocycles. The van der Waals surface area contributed by atoms with Crippen LogP contribution in [0.15, 0.2) is 49.1 Å². The van der Waals surface area contributed by atoms with Gasteiger partial charge >= 0.3 is 0 Å². The second kappa shape index (κ2) is 4.31.